The summed E-state index contributed by atoms with van der Waals surface area (Å²) in [5.41, 5.74) is 5.94. The third kappa shape index (κ3) is 5.55. The summed E-state index contributed by atoms with van der Waals surface area (Å²) >= 11 is 0. The van der Waals surface area contributed by atoms with Gasteiger partial charge in [0.25, 0.3) is 5.91 Å². The Kier molecular flexibility index (Phi) is 7.24. The first-order chi connectivity index (χ1) is 17.6. The van der Waals surface area contributed by atoms with Gasteiger partial charge in [-0.15, -0.1) is 0 Å². The molecule has 0 spiro atoms. The maximum Gasteiger partial charge on any atom is 0.291 e. The molecule has 36 heavy (non-hydrogen) atoms. The zero-order chi connectivity index (χ0) is 24.9. The van der Waals surface area contributed by atoms with E-state index >= 15 is 0 Å². The SMILES string of the molecule is CC1CC=C(c2cc(C3CCN(Cc4ccccn4)CC3)ccc2NC(=O)c2ncc(C#N)[nH]2)CC1. The van der Waals surface area contributed by atoms with E-state index in [4.69, 9.17) is 5.26 Å². The molecule has 2 N–H and O–H groups in total. The zero-order valence-electron chi connectivity index (χ0n) is 20.7. The first kappa shape index (κ1) is 24.0. The van der Waals surface area contributed by atoms with E-state index in [1.807, 2.05) is 30.5 Å². The Balaban J connectivity index is 1.33. The minimum atomic E-state index is -0.335. The smallest absolute Gasteiger partial charge is 0.291 e. The number of hydrogen-bond donors (Lipinski definition) is 2. The van der Waals surface area contributed by atoms with Crippen LogP contribution in [0.25, 0.3) is 5.57 Å². The molecule has 0 bridgehead atoms. The summed E-state index contributed by atoms with van der Waals surface area (Å²) in [6.45, 7) is 5.29. The number of carbonyl (C=O) groups excluding carboxylic acids is 1. The highest BCUT2D eigenvalue weighted by Crippen LogP contribution is 2.37. The Morgan fingerprint density at radius 1 is 1.19 bits per heavy atom. The van der Waals surface area contributed by atoms with Crippen molar-refractivity contribution in [2.45, 2.75) is 51.5 Å². The number of nitrogens with zero attached hydrogens (tertiary/aromatic N) is 4. The fraction of sp³-hybridized carbons (Fsp3) is 0.379. The van der Waals surface area contributed by atoms with Crippen LogP contribution in [0.3, 0.4) is 0 Å². The van der Waals surface area contributed by atoms with Crippen LogP contribution in [0.2, 0.25) is 0 Å². The lowest BCUT2D eigenvalue weighted by Gasteiger charge is -2.32. The number of benzene rings is 1. The lowest BCUT2D eigenvalue weighted by atomic mass is 9.83. The molecule has 5 rings (SSSR count). The third-order valence-corrected chi connectivity index (χ3v) is 7.39. The van der Waals surface area contributed by atoms with Crippen LogP contribution in [-0.2, 0) is 6.54 Å². The molecule has 1 fully saturated rings. The predicted octanol–water partition coefficient (Wildman–Crippen LogP) is 5.51. The topological polar surface area (TPSA) is 97.7 Å². The normalized spacial score (nSPS) is 18.9. The van der Waals surface area contributed by atoms with Crippen molar-refractivity contribution in [2.24, 2.45) is 5.92 Å². The number of piperidine rings is 1. The number of amides is 1. The molecule has 1 aliphatic carbocycles. The van der Waals surface area contributed by atoms with E-state index in [1.165, 1.54) is 17.3 Å². The van der Waals surface area contributed by atoms with Crippen LogP contribution in [0.5, 0.6) is 0 Å². The number of likely N-dealkylation sites (tertiary alicyclic amines) is 1. The molecule has 184 valence electrons. The van der Waals surface area contributed by atoms with Crippen molar-refractivity contribution in [3.63, 3.8) is 0 Å². The first-order valence-corrected chi connectivity index (χ1v) is 12.8. The van der Waals surface area contributed by atoms with Crippen LogP contribution < -0.4 is 5.32 Å². The number of aromatic nitrogens is 3. The average Bonchev–Trinajstić information content (AvgIpc) is 3.40. The summed E-state index contributed by atoms with van der Waals surface area (Å²) in [5.74, 6) is 0.997. The standard InChI is InChI=1S/C29H32N6O/c1-20-5-7-22(8-6-20)26-16-23(9-10-27(26)34-29(36)28-32-18-25(17-30)33-28)21-11-14-35(15-12-21)19-24-4-2-3-13-31-24/h2-4,7,9-10,13,16,18,20-21H,5-6,8,11-12,14-15,19H2,1H3,(H,32,33)(H,34,36). The van der Waals surface area contributed by atoms with E-state index in [0.717, 1.165) is 68.7 Å². The number of carbonyl (C=O) groups is 1. The third-order valence-electron chi connectivity index (χ3n) is 7.39. The second-order valence-corrected chi connectivity index (χ2v) is 10.00. The zero-order valence-corrected chi connectivity index (χ0v) is 20.7. The molecule has 0 radical (unpaired) electrons. The summed E-state index contributed by atoms with van der Waals surface area (Å²) in [6.07, 6.45) is 11.0. The minimum absolute atomic E-state index is 0.146. The van der Waals surface area contributed by atoms with Crippen LogP contribution in [0.15, 0.2) is 54.9 Å². The van der Waals surface area contributed by atoms with E-state index in [-0.39, 0.29) is 17.4 Å². The Labute approximate surface area is 212 Å². The van der Waals surface area contributed by atoms with Gasteiger partial charge in [-0.3, -0.25) is 14.7 Å². The van der Waals surface area contributed by atoms with E-state index in [0.29, 0.717) is 11.8 Å². The molecule has 1 amide bonds. The molecule has 7 nitrogen and oxygen atoms in total. The van der Waals surface area contributed by atoms with Gasteiger partial charge in [0.2, 0.25) is 0 Å². The number of pyridine rings is 1. The molecule has 1 saturated heterocycles. The lowest BCUT2D eigenvalue weighted by molar-refractivity contribution is 0.101. The van der Waals surface area contributed by atoms with Crippen LogP contribution >= 0.6 is 0 Å². The molecule has 2 aliphatic rings. The van der Waals surface area contributed by atoms with Gasteiger partial charge in [-0.05, 0) is 92.4 Å². The second kappa shape index (κ2) is 10.9. The molecule has 1 aromatic carbocycles. The number of rotatable bonds is 6. The largest absolute Gasteiger partial charge is 0.326 e. The molecule has 3 aromatic rings. The highest BCUT2D eigenvalue weighted by atomic mass is 16.2. The Hall–Kier alpha value is -3.76. The quantitative estimate of drug-likeness (QED) is 0.485. The van der Waals surface area contributed by atoms with Crippen molar-refractivity contribution in [1.82, 2.24) is 19.9 Å². The monoisotopic (exact) mass is 480 g/mol. The van der Waals surface area contributed by atoms with Gasteiger partial charge in [-0.25, -0.2) is 4.98 Å². The summed E-state index contributed by atoms with van der Waals surface area (Å²) in [6, 6.07) is 14.6. The Morgan fingerprint density at radius 2 is 2.06 bits per heavy atom. The Morgan fingerprint density at radius 3 is 2.75 bits per heavy atom. The maximum absolute atomic E-state index is 12.9. The van der Waals surface area contributed by atoms with Crippen molar-refractivity contribution >= 4 is 17.2 Å². The fourth-order valence-electron chi connectivity index (χ4n) is 5.22. The number of hydrogen-bond acceptors (Lipinski definition) is 5. The predicted molar refractivity (Wildman–Crippen MR) is 140 cm³/mol. The molecule has 3 heterocycles. The molecule has 7 heteroatoms. The van der Waals surface area contributed by atoms with E-state index in [2.05, 4.69) is 56.4 Å². The number of anilines is 1. The van der Waals surface area contributed by atoms with E-state index in [9.17, 15) is 4.79 Å². The molecule has 1 unspecified atom stereocenters. The van der Waals surface area contributed by atoms with Gasteiger partial charge in [0, 0.05) is 24.0 Å². The molecule has 1 aliphatic heterocycles. The van der Waals surface area contributed by atoms with E-state index < -0.39 is 0 Å². The number of aromatic amines is 1. The van der Waals surface area contributed by atoms with Gasteiger partial charge < -0.3 is 10.3 Å². The van der Waals surface area contributed by atoms with Gasteiger partial charge >= 0.3 is 0 Å². The number of imidazole rings is 1. The summed E-state index contributed by atoms with van der Waals surface area (Å²) in [4.78, 5) is 26.6. The molecule has 2 aromatic heterocycles. The number of nitrogens with one attached hydrogen (secondary N) is 2. The van der Waals surface area contributed by atoms with Crippen LogP contribution in [0.1, 0.15) is 78.1 Å². The second-order valence-electron chi connectivity index (χ2n) is 10.00. The van der Waals surface area contributed by atoms with Crippen molar-refractivity contribution in [3.8, 4) is 6.07 Å². The molecule has 1 atom stereocenters. The Bertz CT molecular complexity index is 1280. The van der Waals surface area contributed by atoms with Crippen molar-refractivity contribution in [3.05, 3.63) is 83.2 Å². The highest BCUT2D eigenvalue weighted by molar-refractivity contribution is 6.03. The van der Waals surface area contributed by atoms with Crippen LogP contribution in [-0.4, -0.2) is 38.8 Å². The van der Waals surface area contributed by atoms with Crippen LogP contribution in [0.4, 0.5) is 5.69 Å². The number of H-pyrrole nitrogens is 1. The highest BCUT2D eigenvalue weighted by Gasteiger charge is 2.24. The fourth-order valence-corrected chi connectivity index (χ4v) is 5.22. The van der Waals surface area contributed by atoms with Crippen molar-refractivity contribution in [1.29, 1.82) is 5.26 Å². The van der Waals surface area contributed by atoms with Gasteiger partial charge in [-0.2, -0.15) is 5.26 Å². The molecular weight excluding hydrogens is 448 g/mol. The van der Waals surface area contributed by atoms with Crippen molar-refractivity contribution in [2.75, 3.05) is 18.4 Å². The molecule has 0 saturated carbocycles. The molecular formula is C29H32N6O. The minimum Gasteiger partial charge on any atom is -0.326 e. The van der Waals surface area contributed by atoms with Crippen LogP contribution in [0, 0.1) is 17.2 Å². The average molecular weight is 481 g/mol. The first-order valence-electron chi connectivity index (χ1n) is 12.8. The van der Waals surface area contributed by atoms with E-state index in [1.54, 1.807) is 0 Å². The maximum atomic E-state index is 12.9. The lowest BCUT2D eigenvalue weighted by Crippen LogP contribution is -2.32. The van der Waals surface area contributed by atoms with Gasteiger partial charge in [0.05, 0.1) is 11.9 Å². The van der Waals surface area contributed by atoms with Gasteiger partial charge in [0.1, 0.15) is 11.8 Å². The summed E-state index contributed by atoms with van der Waals surface area (Å²) in [5, 5.41) is 12.1. The number of nitriles is 1. The van der Waals surface area contributed by atoms with Gasteiger partial charge in [-0.1, -0.05) is 25.1 Å². The van der Waals surface area contributed by atoms with Gasteiger partial charge in [0.15, 0.2) is 5.82 Å². The van der Waals surface area contributed by atoms with Crippen molar-refractivity contribution < 1.29 is 4.79 Å². The summed E-state index contributed by atoms with van der Waals surface area (Å²) < 4.78 is 0. The summed E-state index contributed by atoms with van der Waals surface area (Å²) in [7, 11) is 0. The number of allylic oxidation sites excluding steroid dienone is 2.